The predicted octanol–water partition coefficient (Wildman–Crippen LogP) is 3.46. The molecule has 3 rings (SSSR count). The zero-order valence-electron chi connectivity index (χ0n) is 11.3. The summed E-state index contributed by atoms with van der Waals surface area (Å²) in [5.74, 6) is -0.395. The Morgan fingerprint density at radius 3 is 2.76 bits per heavy atom. The van der Waals surface area contributed by atoms with Crippen LogP contribution in [-0.4, -0.2) is 27.5 Å². The summed E-state index contributed by atoms with van der Waals surface area (Å²) in [7, 11) is 0. The van der Waals surface area contributed by atoms with E-state index >= 15 is 0 Å². The normalized spacial score (nSPS) is 10.8. The van der Waals surface area contributed by atoms with E-state index in [9.17, 15) is 4.79 Å². The van der Waals surface area contributed by atoms with Gasteiger partial charge in [0.15, 0.2) is 0 Å². The van der Waals surface area contributed by atoms with Crippen molar-refractivity contribution in [1.82, 2.24) is 15.0 Å². The molecule has 6 heteroatoms. The molecule has 0 aliphatic carbocycles. The van der Waals surface area contributed by atoms with Crippen molar-refractivity contribution in [3.63, 3.8) is 0 Å². The van der Waals surface area contributed by atoms with Gasteiger partial charge in [-0.3, -0.25) is 0 Å². The van der Waals surface area contributed by atoms with Crippen molar-refractivity contribution in [3.8, 4) is 11.3 Å². The van der Waals surface area contributed by atoms with Crippen molar-refractivity contribution in [2.45, 2.75) is 6.92 Å². The Morgan fingerprint density at radius 2 is 2.05 bits per heavy atom. The van der Waals surface area contributed by atoms with Gasteiger partial charge in [-0.25, -0.2) is 14.8 Å². The minimum atomic E-state index is -0.395. The van der Waals surface area contributed by atoms with Crippen LogP contribution in [0.5, 0.6) is 0 Å². The minimum Gasteiger partial charge on any atom is -0.462 e. The highest BCUT2D eigenvalue weighted by Gasteiger charge is 2.18. The molecule has 0 saturated carbocycles. The Kier molecular flexibility index (Phi) is 3.58. The first kappa shape index (κ1) is 13.6. The molecule has 0 atom stereocenters. The lowest BCUT2D eigenvalue weighted by molar-refractivity contribution is 0.0528. The largest absolute Gasteiger partial charge is 0.462 e. The number of fused-ring (bicyclic) bond motifs is 1. The SMILES string of the molecule is CCOC(=O)c1c[nH]c2ncnc(-c3ccc(Cl)cc3)c12. The van der Waals surface area contributed by atoms with Crippen LogP contribution in [0, 0.1) is 0 Å². The molecule has 0 saturated heterocycles. The number of halogens is 1. The second kappa shape index (κ2) is 5.54. The molecule has 0 aliphatic heterocycles. The molecule has 0 unspecified atom stereocenters. The van der Waals surface area contributed by atoms with Crippen molar-refractivity contribution in [2.24, 2.45) is 0 Å². The lowest BCUT2D eigenvalue weighted by Gasteiger charge is -2.05. The summed E-state index contributed by atoms with van der Waals surface area (Å²) in [6.07, 6.45) is 3.05. The number of H-pyrrole nitrogens is 1. The maximum absolute atomic E-state index is 12.0. The predicted molar refractivity (Wildman–Crippen MR) is 80.3 cm³/mol. The number of nitrogens with zero attached hydrogens (tertiary/aromatic N) is 2. The summed E-state index contributed by atoms with van der Waals surface area (Å²) in [5.41, 5.74) is 2.55. The molecule has 2 aromatic heterocycles. The van der Waals surface area contributed by atoms with Crippen LogP contribution in [0.25, 0.3) is 22.3 Å². The second-order valence-corrected chi connectivity index (χ2v) is 4.81. The summed E-state index contributed by atoms with van der Waals surface area (Å²) in [4.78, 5) is 23.5. The van der Waals surface area contributed by atoms with E-state index in [4.69, 9.17) is 16.3 Å². The van der Waals surface area contributed by atoms with E-state index in [0.29, 0.717) is 33.9 Å². The first-order chi connectivity index (χ1) is 10.2. The van der Waals surface area contributed by atoms with E-state index in [0.717, 1.165) is 5.56 Å². The van der Waals surface area contributed by atoms with Gasteiger partial charge in [-0.05, 0) is 19.1 Å². The van der Waals surface area contributed by atoms with E-state index in [2.05, 4.69) is 15.0 Å². The quantitative estimate of drug-likeness (QED) is 0.752. The van der Waals surface area contributed by atoms with Crippen LogP contribution in [0.3, 0.4) is 0 Å². The van der Waals surface area contributed by atoms with Gasteiger partial charge in [-0.2, -0.15) is 0 Å². The summed E-state index contributed by atoms with van der Waals surface area (Å²) < 4.78 is 5.07. The van der Waals surface area contributed by atoms with Crippen LogP contribution in [0.15, 0.2) is 36.8 Å². The van der Waals surface area contributed by atoms with Crippen molar-refractivity contribution >= 4 is 28.6 Å². The number of hydrogen-bond acceptors (Lipinski definition) is 4. The number of benzene rings is 1. The average molecular weight is 302 g/mol. The minimum absolute atomic E-state index is 0.315. The summed E-state index contributed by atoms with van der Waals surface area (Å²) in [6, 6.07) is 7.27. The number of aromatic nitrogens is 3. The topological polar surface area (TPSA) is 67.9 Å². The first-order valence-corrected chi connectivity index (χ1v) is 6.83. The zero-order chi connectivity index (χ0) is 14.8. The highest BCUT2D eigenvalue weighted by molar-refractivity contribution is 6.30. The number of hydrogen-bond donors (Lipinski definition) is 1. The Bertz CT molecular complexity index is 796. The Morgan fingerprint density at radius 1 is 1.29 bits per heavy atom. The first-order valence-electron chi connectivity index (χ1n) is 6.46. The highest BCUT2D eigenvalue weighted by atomic mass is 35.5. The molecule has 5 nitrogen and oxygen atoms in total. The fraction of sp³-hybridized carbons (Fsp3) is 0.133. The molecule has 2 heterocycles. The van der Waals surface area contributed by atoms with Crippen molar-refractivity contribution in [3.05, 3.63) is 47.4 Å². The summed E-state index contributed by atoms with van der Waals surface area (Å²) >= 11 is 5.91. The molecular weight excluding hydrogens is 290 g/mol. The van der Waals surface area contributed by atoms with Crippen LogP contribution in [0.4, 0.5) is 0 Å². The highest BCUT2D eigenvalue weighted by Crippen LogP contribution is 2.29. The van der Waals surface area contributed by atoms with Gasteiger partial charge in [0.05, 0.1) is 23.3 Å². The van der Waals surface area contributed by atoms with E-state index in [1.807, 2.05) is 12.1 Å². The van der Waals surface area contributed by atoms with Crippen LogP contribution in [-0.2, 0) is 4.74 Å². The number of esters is 1. The molecule has 3 aromatic rings. The lowest BCUT2D eigenvalue weighted by atomic mass is 10.1. The van der Waals surface area contributed by atoms with E-state index in [-0.39, 0.29) is 0 Å². The van der Waals surface area contributed by atoms with Crippen LogP contribution in [0.1, 0.15) is 17.3 Å². The Labute approximate surface area is 125 Å². The maximum Gasteiger partial charge on any atom is 0.340 e. The Balaban J connectivity index is 2.20. The fourth-order valence-corrected chi connectivity index (χ4v) is 2.29. The third-order valence-electron chi connectivity index (χ3n) is 3.08. The van der Waals surface area contributed by atoms with Gasteiger partial charge >= 0.3 is 5.97 Å². The van der Waals surface area contributed by atoms with Gasteiger partial charge in [-0.15, -0.1) is 0 Å². The van der Waals surface area contributed by atoms with Crippen molar-refractivity contribution < 1.29 is 9.53 Å². The van der Waals surface area contributed by atoms with E-state index < -0.39 is 5.97 Å². The summed E-state index contributed by atoms with van der Waals surface area (Å²) in [6.45, 7) is 2.08. The van der Waals surface area contributed by atoms with Gasteiger partial charge in [-0.1, -0.05) is 23.7 Å². The van der Waals surface area contributed by atoms with E-state index in [1.165, 1.54) is 6.33 Å². The number of rotatable bonds is 3. The second-order valence-electron chi connectivity index (χ2n) is 4.38. The number of nitrogens with one attached hydrogen (secondary N) is 1. The molecule has 106 valence electrons. The van der Waals surface area contributed by atoms with Gasteiger partial charge in [0, 0.05) is 16.8 Å². The third kappa shape index (κ3) is 2.48. The van der Waals surface area contributed by atoms with Gasteiger partial charge < -0.3 is 9.72 Å². The molecule has 0 aliphatic rings. The van der Waals surface area contributed by atoms with E-state index in [1.54, 1.807) is 25.3 Å². The third-order valence-corrected chi connectivity index (χ3v) is 3.33. The summed E-state index contributed by atoms with van der Waals surface area (Å²) in [5, 5.41) is 1.29. The molecule has 0 spiro atoms. The molecule has 0 fully saturated rings. The number of carbonyl (C=O) groups is 1. The van der Waals surface area contributed by atoms with Crippen LogP contribution >= 0.6 is 11.6 Å². The van der Waals surface area contributed by atoms with Crippen LogP contribution in [0.2, 0.25) is 5.02 Å². The smallest absolute Gasteiger partial charge is 0.340 e. The van der Waals surface area contributed by atoms with Crippen LogP contribution < -0.4 is 0 Å². The number of aromatic amines is 1. The molecule has 21 heavy (non-hydrogen) atoms. The monoisotopic (exact) mass is 301 g/mol. The number of carbonyl (C=O) groups excluding carboxylic acids is 1. The number of ether oxygens (including phenoxy) is 1. The van der Waals surface area contributed by atoms with Crippen molar-refractivity contribution in [2.75, 3.05) is 6.61 Å². The molecule has 0 radical (unpaired) electrons. The van der Waals surface area contributed by atoms with Gasteiger partial charge in [0.25, 0.3) is 0 Å². The standard InChI is InChI=1S/C15H12ClN3O2/c1-2-21-15(20)11-7-17-14-12(11)13(18-8-19-14)9-3-5-10(16)6-4-9/h3-8H,2H2,1H3,(H,17,18,19). The average Bonchev–Trinajstić information content (AvgIpc) is 2.92. The van der Waals surface area contributed by atoms with Crippen molar-refractivity contribution in [1.29, 1.82) is 0 Å². The zero-order valence-corrected chi connectivity index (χ0v) is 12.0. The molecule has 0 bridgehead atoms. The molecule has 0 amide bonds. The fourth-order valence-electron chi connectivity index (χ4n) is 2.16. The Hall–Kier alpha value is -2.40. The van der Waals surface area contributed by atoms with Gasteiger partial charge in [0.1, 0.15) is 12.0 Å². The molecule has 1 aromatic carbocycles. The molecular formula is C15H12ClN3O2. The lowest BCUT2D eigenvalue weighted by Crippen LogP contribution is -2.04. The molecule has 1 N–H and O–H groups in total. The van der Waals surface area contributed by atoms with Gasteiger partial charge in [0.2, 0.25) is 0 Å². The maximum atomic E-state index is 12.0.